The molecular formula is C12H9N2O3S. The van der Waals surface area contributed by atoms with Gasteiger partial charge in [0.1, 0.15) is 0 Å². The molecule has 0 bridgehead atoms. The topological polar surface area (TPSA) is 79.1 Å². The minimum Gasteiger partial charge on any atom is -0.282 e. The Morgan fingerprint density at radius 3 is 1.89 bits per heavy atom. The van der Waals surface area contributed by atoms with Crippen LogP contribution < -0.4 is 0 Å². The van der Waals surface area contributed by atoms with Gasteiger partial charge < -0.3 is 0 Å². The highest BCUT2D eigenvalue weighted by atomic mass is 32.2. The number of rotatable bonds is 3. The van der Waals surface area contributed by atoms with Crippen molar-refractivity contribution in [1.82, 2.24) is 0 Å². The summed E-state index contributed by atoms with van der Waals surface area (Å²) in [7, 11) is -4.16. The molecule has 91 valence electrons. The number of benzene rings is 2. The summed E-state index contributed by atoms with van der Waals surface area (Å²) in [6, 6.07) is 15.2. The molecule has 0 saturated heterocycles. The van der Waals surface area contributed by atoms with Crippen LogP contribution in [0.5, 0.6) is 0 Å². The fraction of sp³-hybridized carbons (Fsp3) is 0. The zero-order valence-corrected chi connectivity index (χ0v) is 10.0. The van der Waals surface area contributed by atoms with Crippen LogP contribution in [-0.4, -0.2) is 13.0 Å². The van der Waals surface area contributed by atoms with Crippen LogP contribution in [0.15, 0.2) is 63.7 Å². The third kappa shape index (κ3) is 3.22. The fourth-order valence-electron chi connectivity index (χ4n) is 1.25. The zero-order valence-electron chi connectivity index (χ0n) is 9.19. The molecule has 2 rings (SSSR count). The molecule has 0 aromatic heterocycles. The van der Waals surface area contributed by atoms with Crippen molar-refractivity contribution in [3.05, 3.63) is 54.6 Å². The third-order valence-electron chi connectivity index (χ3n) is 2.12. The monoisotopic (exact) mass is 261 g/mol. The molecule has 0 atom stereocenters. The van der Waals surface area contributed by atoms with Gasteiger partial charge in [0.2, 0.25) is 0 Å². The first kappa shape index (κ1) is 12.4. The predicted octanol–water partition coefficient (Wildman–Crippen LogP) is 3.15. The van der Waals surface area contributed by atoms with Crippen LogP contribution in [0, 0.1) is 6.07 Å². The lowest BCUT2D eigenvalue weighted by Crippen LogP contribution is -1.96. The molecule has 2 aromatic carbocycles. The first-order valence-corrected chi connectivity index (χ1v) is 6.45. The van der Waals surface area contributed by atoms with E-state index in [0.29, 0.717) is 11.4 Å². The minimum absolute atomic E-state index is 0.171. The third-order valence-corrected chi connectivity index (χ3v) is 2.98. The van der Waals surface area contributed by atoms with Gasteiger partial charge in [-0.2, -0.15) is 18.6 Å². The molecule has 0 saturated carbocycles. The van der Waals surface area contributed by atoms with Crippen LogP contribution in [0.2, 0.25) is 0 Å². The van der Waals surface area contributed by atoms with Gasteiger partial charge in [-0.1, -0.05) is 12.1 Å². The van der Waals surface area contributed by atoms with Gasteiger partial charge in [0.25, 0.3) is 10.1 Å². The van der Waals surface area contributed by atoms with E-state index in [1.54, 1.807) is 24.3 Å². The van der Waals surface area contributed by atoms with Gasteiger partial charge in [0, 0.05) is 0 Å². The number of azo groups is 1. The van der Waals surface area contributed by atoms with E-state index in [0.717, 1.165) is 0 Å². The van der Waals surface area contributed by atoms with Crippen molar-refractivity contribution in [2.75, 3.05) is 0 Å². The van der Waals surface area contributed by atoms with Crippen molar-refractivity contribution < 1.29 is 13.0 Å². The quantitative estimate of drug-likeness (QED) is 0.680. The van der Waals surface area contributed by atoms with E-state index >= 15 is 0 Å². The van der Waals surface area contributed by atoms with E-state index in [1.165, 1.54) is 24.3 Å². The van der Waals surface area contributed by atoms with E-state index in [-0.39, 0.29) is 4.90 Å². The van der Waals surface area contributed by atoms with Crippen molar-refractivity contribution in [3.8, 4) is 0 Å². The molecule has 1 radical (unpaired) electrons. The molecular weight excluding hydrogens is 252 g/mol. The average molecular weight is 261 g/mol. The first-order chi connectivity index (χ1) is 8.55. The van der Waals surface area contributed by atoms with Gasteiger partial charge in [0.15, 0.2) is 0 Å². The molecule has 2 aromatic rings. The summed E-state index contributed by atoms with van der Waals surface area (Å²) in [6.45, 7) is 0. The molecule has 0 amide bonds. The molecule has 0 unspecified atom stereocenters. The molecule has 0 aliphatic carbocycles. The average Bonchev–Trinajstić information content (AvgIpc) is 2.37. The second-order valence-corrected chi connectivity index (χ2v) is 4.85. The summed E-state index contributed by atoms with van der Waals surface area (Å²) in [5.41, 5.74) is 1.17. The van der Waals surface area contributed by atoms with E-state index in [1.807, 2.05) is 0 Å². The Hall–Kier alpha value is -2.05. The maximum atomic E-state index is 10.8. The maximum absolute atomic E-state index is 10.8. The molecule has 18 heavy (non-hydrogen) atoms. The number of hydrogen-bond acceptors (Lipinski definition) is 4. The van der Waals surface area contributed by atoms with Crippen LogP contribution in [-0.2, 0) is 10.1 Å². The summed E-state index contributed by atoms with van der Waals surface area (Å²) in [6.07, 6.45) is 0. The normalized spacial score (nSPS) is 11.8. The summed E-state index contributed by atoms with van der Waals surface area (Å²) < 4.78 is 30.4. The molecule has 0 aliphatic heterocycles. The molecule has 1 N–H and O–H groups in total. The second kappa shape index (κ2) is 5.07. The van der Waals surface area contributed by atoms with Gasteiger partial charge >= 0.3 is 0 Å². The Labute approximate surface area is 105 Å². The highest BCUT2D eigenvalue weighted by Gasteiger charge is 2.07. The molecule has 0 spiro atoms. The number of nitrogens with zero attached hydrogens (tertiary/aromatic N) is 2. The van der Waals surface area contributed by atoms with Crippen LogP contribution >= 0.6 is 0 Å². The van der Waals surface area contributed by atoms with E-state index < -0.39 is 10.1 Å². The van der Waals surface area contributed by atoms with E-state index in [2.05, 4.69) is 16.3 Å². The summed E-state index contributed by atoms with van der Waals surface area (Å²) >= 11 is 0. The summed E-state index contributed by atoms with van der Waals surface area (Å²) in [5.74, 6) is 0. The maximum Gasteiger partial charge on any atom is 0.294 e. The lowest BCUT2D eigenvalue weighted by molar-refractivity contribution is 0.483. The zero-order chi connectivity index (χ0) is 13.0. The molecule has 0 aliphatic rings. The van der Waals surface area contributed by atoms with Gasteiger partial charge in [-0.3, -0.25) is 4.55 Å². The first-order valence-electron chi connectivity index (χ1n) is 5.01. The lowest BCUT2D eigenvalue weighted by Gasteiger charge is -1.96. The van der Waals surface area contributed by atoms with Crippen LogP contribution in [0.3, 0.4) is 0 Å². The van der Waals surface area contributed by atoms with Crippen molar-refractivity contribution in [1.29, 1.82) is 0 Å². The van der Waals surface area contributed by atoms with Crippen molar-refractivity contribution >= 4 is 21.5 Å². The van der Waals surface area contributed by atoms with Gasteiger partial charge in [-0.15, -0.1) is 0 Å². The molecule has 6 heteroatoms. The van der Waals surface area contributed by atoms with E-state index in [4.69, 9.17) is 4.55 Å². The Balaban J connectivity index is 2.19. The molecule has 5 nitrogen and oxygen atoms in total. The predicted molar refractivity (Wildman–Crippen MR) is 65.7 cm³/mol. The van der Waals surface area contributed by atoms with Crippen LogP contribution in [0.4, 0.5) is 11.4 Å². The number of hydrogen-bond donors (Lipinski definition) is 1. The Kier molecular flexibility index (Phi) is 3.50. The van der Waals surface area contributed by atoms with Crippen molar-refractivity contribution in [2.24, 2.45) is 10.2 Å². The summed E-state index contributed by atoms with van der Waals surface area (Å²) in [4.78, 5) is -0.171. The highest BCUT2D eigenvalue weighted by Crippen LogP contribution is 2.19. The highest BCUT2D eigenvalue weighted by molar-refractivity contribution is 7.85. The smallest absolute Gasteiger partial charge is 0.282 e. The second-order valence-electron chi connectivity index (χ2n) is 3.43. The summed E-state index contributed by atoms with van der Waals surface area (Å²) in [5, 5.41) is 7.90. The standard InChI is InChI=1S/C12H9N2O3S/c15-18(16,17)12-8-6-11(7-9-12)14-13-10-4-2-1-3-5-10/h2-9H,(H,15,16,17)/b14-13+. The van der Waals surface area contributed by atoms with Crippen LogP contribution in [0.1, 0.15) is 0 Å². The van der Waals surface area contributed by atoms with Gasteiger partial charge in [-0.25, -0.2) is 0 Å². The lowest BCUT2D eigenvalue weighted by atomic mass is 10.3. The Bertz CT molecular complexity index is 649. The van der Waals surface area contributed by atoms with Gasteiger partial charge in [0.05, 0.1) is 16.3 Å². The molecule has 0 fully saturated rings. The minimum atomic E-state index is -4.16. The Morgan fingerprint density at radius 1 is 0.889 bits per heavy atom. The SMILES string of the molecule is O=S(=O)(O)c1ccc(/N=N/c2cc[c]cc2)cc1. The van der Waals surface area contributed by atoms with E-state index in [9.17, 15) is 8.42 Å². The van der Waals surface area contributed by atoms with Gasteiger partial charge in [-0.05, 0) is 42.5 Å². The molecule has 0 heterocycles. The largest absolute Gasteiger partial charge is 0.294 e. The fourth-order valence-corrected chi connectivity index (χ4v) is 1.73. The van der Waals surface area contributed by atoms with Crippen molar-refractivity contribution in [2.45, 2.75) is 4.90 Å². The Morgan fingerprint density at radius 2 is 1.39 bits per heavy atom. The van der Waals surface area contributed by atoms with Crippen molar-refractivity contribution in [3.63, 3.8) is 0 Å². The van der Waals surface area contributed by atoms with Crippen LogP contribution in [0.25, 0.3) is 0 Å².